The highest BCUT2D eigenvalue weighted by molar-refractivity contribution is 6.11. The lowest BCUT2D eigenvalue weighted by Crippen LogP contribution is -2.31. The van der Waals surface area contributed by atoms with Crippen molar-refractivity contribution in [1.82, 2.24) is 15.6 Å². The number of methoxy groups -OCH3 is 1. The van der Waals surface area contributed by atoms with E-state index in [1.54, 1.807) is 43.3 Å². The molecule has 5 rings (SSSR count). The summed E-state index contributed by atoms with van der Waals surface area (Å²) in [6.45, 7) is 7.18. The molecule has 1 aliphatic rings. The molecule has 1 fully saturated rings. The number of esters is 1. The minimum absolute atomic E-state index is 0.000849. The molecule has 0 spiro atoms. The van der Waals surface area contributed by atoms with Gasteiger partial charge in [0.15, 0.2) is 23.8 Å². The molecular formula is C37H39N5O10. The number of carbonyl (C=O) groups is 4. The number of benzene rings is 2. The number of nitrogens with zero attached hydrogens (tertiary/aromatic N) is 1. The lowest BCUT2D eigenvalue weighted by atomic mass is 9.91. The second kappa shape index (κ2) is 16.2. The Morgan fingerprint density at radius 1 is 0.981 bits per heavy atom. The molecule has 0 radical (unpaired) electrons. The minimum Gasteiger partial charge on any atom is -0.496 e. The second-order valence-electron chi connectivity index (χ2n) is 12.3. The number of amides is 3. The maximum absolute atomic E-state index is 14.1. The van der Waals surface area contributed by atoms with Crippen LogP contribution in [-0.2, 0) is 16.1 Å². The van der Waals surface area contributed by atoms with Crippen molar-refractivity contribution in [2.75, 3.05) is 25.6 Å². The molecule has 0 aliphatic heterocycles. The number of anilines is 1. The fourth-order valence-electron chi connectivity index (χ4n) is 5.21. The number of aryl methyl sites for hydroxylation is 1. The molecule has 1 aliphatic carbocycles. The molecule has 15 heteroatoms. The van der Waals surface area contributed by atoms with Gasteiger partial charge in [0, 0.05) is 34.5 Å². The molecular weight excluding hydrogens is 674 g/mol. The number of pyridine rings is 1. The van der Waals surface area contributed by atoms with Crippen LogP contribution in [-0.4, -0.2) is 55.0 Å². The number of ether oxygens (including phenoxy) is 3. The summed E-state index contributed by atoms with van der Waals surface area (Å²) in [6, 6.07) is 12.5. The van der Waals surface area contributed by atoms with Gasteiger partial charge in [-0.1, -0.05) is 13.8 Å². The number of alkyl carbamates (subject to hydrolysis) is 1. The first-order valence-electron chi connectivity index (χ1n) is 16.6. The SMILES string of the molecule is CCOC(=O)NC(=N)c1ccc(NC(=O)c2cc(C(C)C)c(OC)cc2-c2ccc(C(=O)NCC3CC3)nc2C(=O)OCc2oc(=O)oc2C)cc1. The standard InChI is InChI=1S/C37H39N5O10/c1-6-49-36(46)42-32(38)22-9-11-23(12-10-22)40-33(43)27-15-25(19(2)3)29(48-5)16-26(27)24-13-14-28(34(44)39-17-21-7-8-21)41-31(24)35(45)50-18-30-20(4)51-37(47)52-30/h9-16,19,21H,6-8,17-18H2,1-5H3,(H,39,44)(H,40,43)(H2,38,42,46). The highest BCUT2D eigenvalue weighted by Gasteiger charge is 2.27. The third kappa shape index (κ3) is 8.91. The van der Waals surface area contributed by atoms with Gasteiger partial charge in [-0.15, -0.1) is 0 Å². The van der Waals surface area contributed by atoms with Crippen LogP contribution in [0.3, 0.4) is 0 Å². The Morgan fingerprint density at radius 3 is 2.33 bits per heavy atom. The van der Waals surface area contributed by atoms with Crippen molar-refractivity contribution in [3.8, 4) is 16.9 Å². The van der Waals surface area contributed by atoms with Gasteiger partial charge in [-0.05, 0) is 92.6 Å². The van der Waals surface area contributed by atoms with Crippen LogP contribution in [0.15, 0.2) is 62.2 Å². The minimum atomic E-state index is -0.956. The van der Waals surface area contributed by atoms with E-state index in [9.17, 15) is 24.0 Å². The molecule has 2 heterocycles. The summed E-state index contributed by atoms with van der Waals surface area (Å²) in [5.41, 5.74) is 1.73. The van der Waals surface area contributed by atoms with Crippen molar-refractivity contribution in [1.29, 1.82) is 5.41 Å². The van der Waals surface area contributed by atoms with Gasteiger partial charge in [-0.3, -0.25) is 20.3 Å². The lowest BCUT2D eigenvalue weighted by Gasteiger charge is -2.19. The van der Waals surface area contributed by atoms with Crippen LogP contribution in [0, 0.1) is 18.3 Å². The van der Waals surface area contributed by atoms with Gasteiger partial charge >= 0.3 is 17.9 Å². The summed E-state index contributed by atoms with van der Waals surface area (Å²) in [5.74, 6) is -2.21. The molecule has 0 bridgehead atoms. The van der Waals surface area contributed by atoms with Gasteiger partial charge in [-0.2, -0.15) is 0 Å². The van der Waals surface area contributed by atoms with Gasteiger partial charge in [0.25, 0.3) is 11.8 Å². The van der Waals surface area contributed by atoms with Gasteiger partial charge in [-0.25, -0.2) is 19.4 Å². The first-order valence-corrected chi connectivity index (χ1v) is 16.6. The van der Waals surface area contributed by atoms with Crippen LogP contribution in [0.5, 0.6) is 5.75 Å². The van der Waals surface area contributed by atoms with Crippen molar-refractivity contribution in [3.05, 3.63) is 98.7 Å². The normalized spacial score (nSPS) is 12.2. The van der Waals surface area contributed by atoms with E-state index in [0.717, 1.165) is 12.8 Å². The Bertz CT molecular complexity index is 2060. The van der Waals surface area contributed by atoms with Crippen LogP contribution in [0.4, 0.5) is 10.5 Å². The van der Waals surface area contributed by atoms with E-state index >= 15 is 0 Å². The molecule has 15 nitrogen and oxygen atoms in total. The average Bonchev–Trinajstić information content (AvgIpc) is 3.90. The highest BCUT2D eigenvalue weighted by atomic mass is 16.6. The van der Waals surface area contributed by atoms with Crippen molar-refractivity contribution < 1.29 is 42.2 Å². The quantitative estimate of drug-likeness (QED) is 0.0765. The monoisotopic (exact) mass is 713 g/mol. The van der Waals surface area contributed by atoms with Crippen molar-refractivity contribution >= 4 is 35.4 Å². The number of hydrogen-bond donors (Lipinski definition) is 4. The molecule has 2 aromatic carbocycles. The van der Waals surface area contributed by atoms with Crippen LogP contribution in [0.25, 0.3) is 11.1 Å². The van der Waals surface area contributed by atoms with E-state index in [4.69, 9.17) is 28.5 Å². The van der Waals surface area contributed by atoms with Crippen LogP contribution >= 0.6 is 0 Å². The Hall–Kier alpha value is -6.25. The summed E-state index contributed by atoms with van der Waals surface area (Å²) in [5, 5.41) is 16.2. The number of rotatable bonds is 13. The lowest BCUT2D eigenvalue weighted by molar-refractivity contribution is 0.0436. The molecule has 272 valence electrons. The average molecular weight is 714 g/mol. The number of nitrogens with one attached hydrogen (secondary N) is 4. The van der Waals surface area contributed by atoms with E-state index in [-0.39, 0.29) is 58.0 Å². The second-order valence-corrected chi connectivity index (χ2v) is 12.3. The Balaban J connectivity index is 1.53. The van der Waals surface area contributed by atoms with E-state index in [1.165, 1.54) is 26.2 Å². The fraction of sp³-hybridized carbons (Fsp3) is 0.324. The Labute approximate surface area is 298 Å². The molecule has 0 atom stereocenters. The summed E-state index contributed by atoms with van der Waals surface area (Å²) < 4.78 is 25.8. The third-order valence-corrected chi connectivity index (χ3v) is 8.20. The summed E-state index contributed by atoms with van der Waals surface area (Å²) >= 11 is 0. The molecule has 1 saturated carbocycles. The molecule has 0 saturated heterocycles. The number of aromatic nitrogens is 1. The topological polar surface area (TPSA) is 212 Å². The van der Waals surface area contributed by atoms with Crippen LogP contribution in [0.1, 0.15) is 93.5 Å². The van der Waals surface area contributed by atoms with Gasteiger partial charge < -0.3 is 33.7 Å². The molecule has 3 amide bonds. The van der Waals surface area contributed by atoms with E-state index < -0.39 is 36.3 Å². The smallest absolute Gasteiger partial charge is 0.496 e. The third-order valence-electron chi connectivity index (χ3n) is 8.20. The number of hydrogen-bond acceptors (Lipinski definition) is 12. The van der Waals surface area contributed by atoms with Crippen molar-refractivity contribution in [2.45, 2.75) is 53.1 Å². The maximum atomic E-state index is 14.1. The molecule has 4 N–H and O–H groups in total. The first-order chi connectivity index (χ1) is 24.9. The molecule has 0 unspecified atom stereocenters. The molecule has 52 heavy (non-hydrogen) atoms. The van der Waals surface area contributed by atoms with E-state index in [1.807, 2.05) is 13.8 Å². The van der Waals surface area contributed by atoms with Crippen molar-refractivity contribution in [3.63, 3.8) is 0 Å². The Kier molecular flexibility index (Phi) is 11.5. The van der Waals surface area contributed by atoms with Crippen LogP contribution in [0.2, 0.25) is 0 Å². The highest BCUT2D eigenvalue weighted by Crippen LogP contribution is 2.37. The van der Waals surface area contributed by atoms with E-state index in [2.05, 4.69) is 20.9 Å². The fourth-order valence-corrected chi connectivity index (χ4v) is 5.21. The van der Waals surface area contributed by atoms with E-state index in [0.29, 0.717) is 35.0 Å². The zero-order chi connectivity index (χ0) is 37.5. The Morgan fingerprint density at radius 2 is 1.71 bits per heavy atom. The largest absolute Gasteiger partial charge is 0.519 e. The molecule has 2 aromatic heterocycles. The summed E-state index contributed by atoms with van der Waals surface area (Å²) in [7, 11) is 1.49. The summed E-state index contributed by atoms with van der Waals surface area (Å²) in [6.07, 6.45) is 1.28. The number of amidine groups is 1. The van der Waals surface area contributed by atoms with Gasteiger partial charge in [0.05, 0.1) is 13.7 Å². The predicted molar refractivity (Wildman–Crippen MR) is 188 cm³/mol. The number of carbonyl (C=O) groups excluding carboxylic acids is 4. The zero-order valence-electron chi connectivity index (χ0n) is 29.3. The maximum Gasteiger partial charge on any atom is 0.519 e. The predicted octanol–water partition coefficient (Wildman–Crippen LogP) is 5.56. The van der Waals surface area contributed by atoms with Gasteiger partial charge in [0.2, 0.25) is 0 Å². The zero-order valence-corrected chi connectivity index (χ0v) is 29.3. The molecule has 4 aromatic rings. The van der Waals surface area contributed by atoms with Crippen LogP contribution < -0.4 is 26.5 Å². The first kappa shape index (κ1) is 37.0. The summed E-state index contributed by atoms with van der Waals surface area (Å²) in [4.78, 5) is 68.6. The van der Waals surface area contributed by atoms with Gasteiger partial charge in [0.1, 0.15) is 17.3 Å². The van der Waals surface area contributed by atoms with Crippen molar-refractivity contribution in [2.24, 2.45) is 5.92 Å².